The van der Waals surface area contributed by atoms with Crippen LogP contribution >= 0.6 is 45.8 Å². The van der Waals surface area contributed by atoms with Gasteiger partial charge in [-0.15, -0.1) is 0 Å². The second-order valence-electron chi connectivity index (χ2n) is 4.17. The molecule has 0 radical (unpaired) electrons. The molecule has 0 aliphatic heterocycles. The Kier molecular flexibility index (Phi) is 5.88. The van der Waals surface area contributed by atoms with Crippen LogP contribution in [-0.2, 0) is 4.79 Å². The van der Waals surface area contributed by atoms with Crippen LogP contribution in [0.15, 0.2) is 12.1 Å². The van der Waals surface area contributed by atoms with Gasteiger partial charge in [-0.2, -0.15) is 0 Å². The molecule has 7 heteroatoms. The van der Waals surface area contributed by atoms with Crippen LogP contribution in [0.3, 0.4) is 0 Å². The quantitative estimate of drug-likeness (QED) is 0.605. The lowest BCUT2D eigenvalue weighted by Gasteiger charge is -2.20. The van der Waals surface area contributed by atoms with E-state index in [9.17, 15) is 9.59 Å². The highest BCUT2D eigenvalue weighted by molar-refractivity contribution is 14.1. The van der Waals surface area contributed by atoms with E-state index >= 15 is 0 Å². The summed E-state index contributed by atoms with van der Waals surface area (Å²) in [4.78, 5) is 24.4. The number of carboxylic acids is 1. The number of amides is 1. The Bertz CT molecular complexity index is 522. The Morgan fingerprint density at radius 3 is 2.53 bits per heavy atom. The Morgan fingerprint density at radius 2 is 2.00 bits per heavy atom. The van der Waals surface area contributed by atoms with Crippen molar-refractivity contribution >= 4 is 57.7 Å². The fourth-order valence-corrected chi connectivity index (χ4v) is 2.52. The van der Waals surface area contributed by atoms with Crippen molar-refractivity contribution in [3.8, 4) is 0 Å². The summed E-state index contributed by atoms with van der Waals surface area (Å²) in [6, 6.07) is 3.08. The van der Waals surface area contributed by atoms with Crippen molar-refractivity contribution in [3.63, 3.8) is 0 Å². The lowest BCUT2D eigenvalue weighted by Crippen LogP contribution is -2.34. The molecule has 0 aliphatic carbocycles. The van der Waals surface area contributed by atoms with Gasteiger partial charge in [0.25, 0.3) is 5.91 Å². The van der Waals surface area contributed by atoms with Crippen LogP contribution in [0.2, 0.25) is 10.0 Å². The first-order valence-electron chi connectivity index (χ1n) is 5.36. The van der Waals surface area contributed by atoms with E-state index in [4.69, 9.17) is 28.3 Å². The van der Waals surface area contributed by atoms with Gasteiger partial charge in [0.05, 0.1) is 16.5 Å². The minimum absolute atomic E-state index is 0.119. The van der Waals surface area contributed by atoms with Gasteiger partial charge in [-0.3, -0.25) is 9.59 Å². The van der Waals surface area contributed by atoms with Gasteiger partial charge in [0.15, 0.2) is 0 Å². The van der Waals surface area contributed by atoms with Crippen LogP contribution in [0, 0.1) is 9.49 Å². The summed E-state index contributed by atoms with van der Waals surface area (Å²) in [6.45, 7) is 1.66. The second kappa shape index (κ2) is 6.76. The predicted octanol–water partition coefficient (Wildman–Crippen LogP) is 3.39. The lowest BCUT2D eigenvalue weighted by molar-refractivity contribution is -0.141. The molecule has 104 valence electrons. The molecule has 19 heavy (non-hydrogen) atoms. The molecule has 0 fully saturated rings. The van der Waals surface area contributed by atoms with Gasteiger partial charge >= 0.3 is 5.97 Å². The Hall–Kier alpha value is -0.530. The summed E-state index contributed by atoms with van der Waals surface area (Å²) < 4.78 is 0.600. The average Bonchev–Trinajstić information content (AvgIpc) is 2.32. The molecule has 0 saturated heterocycles. The molecule has 0 bridgehead atoms. The third-order valence-corrected chi connectivity index (χ3v) is 4.54. The molecule has 1 aromatic carbocycles. The number of hydrogen-bond acceptors (Lipinski definition) is 2. The summed E-state index contributed by atoms with van der Waals surface area (Å²) in [5.74, 6) is -1.89. The summed E-state index contributed by atoms with van der Waals surface area (Å²) in [5.41, 5.74) is 0.373. The zero-order chi connectivity index (χ0) is 14.7. The molecule has 1 atom stereocenters. The molecule has 0 aromatic heterocycles. The molecule has 0 spiro atoms. The third-order valence-electron chi connectivity index (χ3n) is 2.54. The van der Waals surface area contributed by atoms with Crippen molar-refractivity contribution < 1.29 is 14.7 Å². The van der Waals surface area contributed by atoms with Gasteiger partial charge in [-0.1, -0.05) is 30.1 Å². The summed E-state index contributed by atoms with van der Waals surface area (Å²) in [5, 5.41) is 9.61. The largest absolute Gasteiger partial charge is 0.481 e. The number of hydrogen-bond donors (Lipinski definition) is 1. The van der Waals surface area contributed by atoms with E-state index in [1.165, 1.54) is 11.0 Å². The average molecular weight is 416 g/mol. The maximum Gasteiger partial charge on any atom is 0.308 e. The first-order valence-corrected chi connectivity index (χ1v) is 7.20. The number of rotatable bonds is 4. The molecular formula is C12H12Cl2INO3. The Labute approximate surface area is 134 Å². The van der Waals surface area contributed by atoms with E-state index in [1.807, 2.05) is 22.6 Å². The topological polar surface area (TPSA) is 57.6 Å². The minimum atomic E-state index is -0.946. The molecule has 0 heterocycles. The first kappa shape index (κ1) is 16.5. The predicted molar refractivity (Wildman–Crippen MR) is 82.9 cm³/mol. The Balaban J connectivity index is 2.97. The van der Waals surface area contributed by atoms with Crippen LogP contribution in [-0.4, -0.2) is 35.5 Å². The van der Waals surface area contributed by atoms with E-state index in [2.05, 4.69) is 0 Å². The molecule has 1 rings (SSSR count). The number of carboxylic acid groups (broad SMARTS) is 1. The fraction of sp³-hybridized carbons (Fsp3) is 0.333. The maximum absolute atomic E-state index is 12.2. The van der Waals surface area contributed by atoms with E-state index in [0.29, 0.717) is 19.2 Å². The molecule has 0 saturated carbocycles. The minimum Gasteiger partial charge on any atom is -0.481 e. The number of nitrogens with zero attached hydrogens (tertiary/aromatic N) is 1. The number of carbonyl (C=O) groups is 2. The van der Waals surface area contributed by atoms with E-state index in [-0.39, 0.29) is 12.5 Å². The van der Waals surface area contributed by atoms with Gasteiger partial charge in [0, 0.05) is 22.2 Å². The molecule has 1 unspecified atom stereocenters. The summed E-state index contributed by atoms with van der Waals surface area (Å²) in [6.07, 6.45) is 0. The number of halogens is 3. The van der Waals surface area contributed by atoms with E-state index in [0.717, 1.165) is 0 Å². The van der Waals surface area contributed by atoms with Crippen LogP contribution in [0.1, 0.15) is 17.3 Å². The molecule has 1 N–H and O–H groups in total. The molecule has 0 aliphatic rings. The van der Waals surface area contributed by atoms with Crippen molar-refractivity contribution in [2.75, 3.05) is 13.6 Å². The zero-order valence-electron chi connectivity index (χ0n) is 10.3. The standard InChI is InChI=1S/C12H12Cl2INO3/c1-6(12(18)19)5-16(2)11(17)8-3-7(13)4-9(14)10(8)15/h3-4,6H,5H2,1-2H3,(H,18,19). The molecular weight excluding hydrogens is 404 g/mol. The Morgan fingerprint density at radius 1 is 1.42 bits per heavy atom. The van der Waals surface area contributed by atoms with Crippen LogP contribution in [0.4, 0.5) is 0 Å². The fourth-order valence-electron chi connectivity index (χ4n) is 1.49. The lowest BCUT2D eigenvalue weighted by atomic mass is 10.1. The van der Waals surface area contributed by atoms with Gasteiger partial charge in [-0.25, -0.2) is 0 Å². The SMILES string of the molecule is CC(CN(C)C(=O)c1cc(Cl)cc(Cl)c1I)C(=O)O. The molecule has 1 aromatic rings. The van der Waals surface area contributed by atoms with Gasteiger partial charge < -0.3 is 10.0 Å². The maximum atomic E-state index is 12.2. The smallest absolute Gasteiger partial charge is 0.308 e. The molecule has 1 amide bonds. The van der Waals surface area contributed by atoms with Crippen LogP contribution < -0.4 is 0 Å². The number of aliphatic carboxylic acids is 1. The van der Waals surface area contributed by atoms with Gasteiger partial charge in [0.2, 0.25) is 0 Å². The van der Waals surface area contributed by atoms with E-state index < -0.39 is 11.9 Å². The van der Waals surface area contributed by atoms with Crippen molar-refractivity contribution in [2.45, 2.75) is 6.92 Å². The van der Waals surface area contributed by atoms with Crippen molar-refractivity contribution in [1.82, 2.24) is 4.90 Å². The zero-order valence-corrected chi connectivity index (χ0v) is 14.0. The first-order chi connectivity index (χ1) is 8.73. The highest BCUT2D eigenvalue weighted by Gasteiger charge is 2.21. The van der Waals surface area contributed by atoms with Crippen LogP contribution in [0.5, 0.6) is 0 Å². The van der Waals surface area contributed by atoms with Crippen molar-refractivity contribution in [1.29, 1.82) is 0 Å². The summed E-state index contributed by atoms with van der Waals surface area (Å²) in [7, 11) is 1.55. The normalized spacial score (nSPS) is 12.1. The van der Waals surface area contributed by atoms with Crippen LogP contribution in [0.25, 0.3) is 0 Å². The van der Waals surface area contributed by atoms with Crippen molar-refractivity contribution in [2.24, 2.45) is 5.92 Å². The highest BCUT2D eigenvalue weighted by Crippen LogP contribution is 2.27. The summed E-state index contributed by atoms with van der Waals surface area (Å²) >= 11 is 13.8. The van der Waals surface area contributed by atoms with Gasteiger partial charge in [-0.05, 0) is 34.7 Å². The monoisotopic (exact) mass is 415 g/mol. The molecule has 4 nitrogen and oxygen atoms in total. The number of benzene rings is 1. The second-order valence-corrected chi connectivity index (χ2v) is 6.10. The van der Waals surface area contributed by atoms with Gasteiger partial charge in [0.1, 0.15) is 0 Å². The highest BCUT2D eigenvalue weighted by atomic mass is 127. The number of carbonyl (C=O) groups excluding carboxylic acids is 1. The van der Waals surface area contributed by atoms with E-state index in [1.54, 1.807) is 20.0 Å². The third kappa shape index (κ3) is 4.22. The van der Waals surface area contributed by atoms with Crippen molar-refractivity contribution in [3.05, 3.63) is 31.3 Å².